The molecule has 0 aliphatic carbocycles. The monoisotopic (exact) mass is 162 g/mol. The van der Waals surface area contributed by atoms with E-state index in [4.69, 9.17) is 5.11 Å². The minimum absolute atomic E-state index is 0.831. The van der Waals surface area contributed by atoms with Gasteiger partial charge in [-0.1, -0.05) is 18.8 Å². The fourth-order valence-electron chi connectivity index (χ4n) is 0.422. The average Bonchev–Trinajstić information content (AvgIpc) is 2.02. The lowest BCUT2D eigenvalue weighted by Gasteiger charge is -1.72. The van der Waals surface area contributed by atoms with Crippen LogP contribution in [0.3, 0.4) is 0 Å². The molecule has 0 heterocycles. The number of carbonyl (C=O) groups is 1. The Morgan fingerprint density at radius 3 is 2.83 bits per heavy atom. The van der Waals surface area contributed by atoms with Gasteiger partial charge in [-0.05, 0) is 24.3 Å². The Bertz CT molecular complexity index is 278. The van der Waals surface area contributed by atoms with Crippen LogP contribution in [0.5, 0.6) is 0 Å². The molecular formula is C10H10O2. The summed E-state index contributed by atoms with van der Waals surface area (Å²) in [5.41, 5.74) is 0. The largest absolute Gasteiger partial charge is 0.478 e. The highest BCUT2D eigenvalue weighted by atomic mass is 16.4. The van der Waals surface area contributed by atoms with Gasteiger partial charge in [-0.15, -0.1) is 0 Å². The molecule has 0 aliphatic heterocycles. The van der Waals surface area contributed by atoms with Crippen LogP contribution in [0.1, 0.15) is 19.8 Å². The number of hydrogen-bond donors (Lipinski definition) is 1. The van der Waals surface area contributed by atoms with Gasteiger partial charge in [0.2, 0.25) is 0 Å². The topological polar surface area (TPSA) is 37.3 Å². The summed E-state index contributed by atoms with van der Waals surface area (Å²) < 4.78 is 0. The van der Waals surface area contributed by atoms with Crippen molar-refractivity contribution >= 4 is 5.97 Å². The summed E-state index contributed by atoms with van der Waals surface area (Å²) in [5, 5.41) is 8.16. The lowest BCUT2D eigenvalue weighted by atomic mass is 10.3. The molecule has 0 atom stereocenters. The minimum atomic E-state index is -0.995. The first kappa shape index (κ1) is 10.3. The maximum Gasteiger partial charge on any atom is 0.328 e. The van der Waals surface area contributed by atoms with E-state index < -0.39 is 5.97 Å². The van der Waals surface area contributed by atoms with Crippen molar-refractivity contribution in [2.45, 2.75) is 19.8 Å². The molecule has 0 aromatic rings. The van der Waals surface area contributed by atoms with Gasteiger partial charge in [0.25, 0.3) is 0 Å². The predicted molar refractivity (Wildman–Crippen MR) is 47.2 cm³/mol. The smallest absolute Gasteiger partial charge is 0.328 e. The summed E-state index contributed by atoms with van der Waals surface area (Å²) in [6.07, 6.45) is 4.09. The molecule has 0 spiro atoms. The molecule has 0 amide bonds. The molecule has 0 fully saturated rings. The molecule has 0 saturated carbocycles. The number of aliphatic carboxylic acids is 1. The molecule has 0 saturated heterocycles. The summed E-state index contributed by atoms with van der Waals surface area (Å²) >= 11 is 0. The van der Waals surface area contributed by atoms with Crippen LogP contribution in [0.25, 0.3) is 0 Å². The fraction of sp³-hybridized carbons (Fsp3) is 0.300. The zero-order valence-electron chi connectivity index (χ0n) is 6.92. The van der Waals surface area contributed by atoms with Crippen LogP contribution in [-0.2, 0) is 4.79 Å². The van der Waals surface area contributed by atoms with Gasteiger partial charge in [0.1, 0.15) is 0 Å². The zero-order chi connectivity index (χ0) is 9.23. The van der Waals surface area contributed by atoms with Gasteiger partial charge in [-0.25, -0.2) is 4.79 Å². The molecule has 12 heavy (non-hydrogen) atoms. The molecule has 0 bridgehead atoms. The second-order valence-corrected chi connectivity index (χ2v) is 1.99. The molecule has 0 unspecified atom stereocenters. The van der Waals surface area contributed by atoms with Crippen molar-refractivity contribution in [3.63, 3.8) is 0 Å². The van der Waals surface area contributed by atoms with Crippen LogP contribution in [0, 0.1) is 23.7 Å². The highest BCUT2D eigenvalue weighted by Gasteiger charge is 1.79. The summed E-state index contributed by atoms with van der Waals surface area (Å²) in [4.78, 5) is 9.94. The highest BCUT2D eigenvalue weighted by Crippen LogP contribution is 1.79. The summed E-state index contributed by atoms with van der Waals surface area (Å²) in [7, 11) is 0. The summed E-state index contributed by atoms with van der Waals surface area (Å²) in [6.45, 7) is 2.03. The molecule has 2 nitrogen and oxygen atoms in total. The van der Waals surface area contributed by atoms with Crippen molar-refractivity contribution in [1.29, 1.82) is 0 Å². The molecule has 0 rings (SSSR count). The van der Waals surface area contributed by atoms with E-state index in [9.17, 15) is 4.79 Å². The molecule has 0 aromatic carbocycles. The second kappa shape index (κ2) is 7.44. The number of carboxylic acid groups (broad SMARTS) is 1. The van der Waals surface area contributed by atoms with E-state index in [1.165, 1.54) is 6.08 Å². The standard InChI is InChI=1S/C10H10O2/c1-2-3-4-5-6-7-8-9-10(11)12/h8-9H,2-3H2,1H3,(H,11,12)/b9-8-. The number of unbranched alkanes of at least 4 members (excludes halogenated alkanes) is 1. The Hall–Kier alpha value is -1.67. The average molecular weight is 162 g/mol. The Balaban J connectivity index is 3.76. The van der Waals surface area contributed by atoms with Crippen molar-refractivity contribution in [1.82, 2.24) is 0 Å². The Morgan fingerprint density at radius 1 is 1.50 bits per heavy atom. The minimum Gasteiger partial charge on any atom is -0.478 e. The first-order valence-electron chi connectivity index (χ1n) is 3.65. The molecule has 0 aromatic heterocycles. The third kappa shape index (κ3) is 8.33. The molecule has 0 aliphatic rings. The van der Waals surface area contributed by atoms with Crippen molar-refractivity contribution in [2.75, 3.05) is 0 Å². The van der Waals surface area contributed by atoms with E-state index in [1.54, 1.807) is 0 Å². The van der Waals surface area contributed by atoms with Crippen molar-refractivity contribution < 1.29 is 9.90 Å². The van der Waals surface area contributed by atoms with Gasteiger partial charge in [0, 0.05) is 12.5 Å². The zero-order valence-corrected chi connectivity index (χ0v) is 6.92. The van der Waals surface area contributed by atoms with Crippen LogP contribution < -0.4 is 0 Å². The first-order valence-corrected chi connectivity index (χ1v) is 3.65. The Morgan fingerprint density at radius 2 is 2.25 bits per heavy atom. The molecule has 1 N–H and O–H groups in total. The first-order chi connectivity index (χ1) is 5.77. The fourth-order valence-corrected chi connectivity index (χ4v) is 0.422. The number of carboxylic acids is 1. The van der Waals surface area contributed by atoms with E-state index in [0.29, 0.717) is 0 Å². The van der Waals surface area contributed by atoms with Crippen molar-refractivity contribution in [2.24, 2.45) is 0 Å². The van der Waals surface area contributed by atoms with Crippen molar-refractivity contribution in [3.8, 4) is 23.7 Å². The SMILES string of the molecule is CCCC#CC#C/C=C\C(=O)O. The third-order valence-corrected chi connectivity index (χ3v) is 0.907. The quantitative estimate of drug-likeness (QED) is 0.492. The van der Waals surface area contributed by atoms with Crippen LogP contribution in [-0.4, -0.2) is 11.1 Å². The van der Waals surface area contributed by atoms with Gasteiger partial charge in [-0.2, -0.15) is 0 Å². The lowest BCUT2D eigenvalue weighted by molar-refractivity contribution is -0.131. The Labute approximate surface area is 72.3 Å². The number of rotatable bonds is 2. The molecular weight excluding hydrogens is 152 g/mol. The van der Waals surface area contributed by atoms with Crippen LogP contribution in [0.15, 0.2) is 12.2 Å². The third-order valence-electron chi connectivity index (χ3n) is 0.907. The maximum atomic E-state index is 9.94. The van der Waals surface area contributed by atoms with Crippen LogP contribution in [0.2, 0.25) is 0 Å². The van der Waals surface area contributed by atoms with E-state index in [1.807, 2.05) is 6.92 Å². The van der Waals surface area contributed by atoms with Gasteiger partial charge in [0.05, 0.1) is 0 Å². The van der Waals surface area contributed by atoms with Crippen LogP contribution in [0.4, 0.5) is 0 Å². The van der Waals surface area contributed by atoms with Crippen LogP contribution >= 0.6 is 0 Å². The summed E-state index contributed by atoms with van der Waals surface area (Å²) in [6, 6.07) is 0. The lowest BCUT2D eigenvalue weighted by Crippen LogP contribution is -1.84. The molecule has 62 valence electrons. The summed E-state index contributed by atoms with van der Waals surface area (Å²) in [5.74, 6) is 9.43. The molecule has 0 radical (unpaired) electrons. The number of allylic oxidation sites excluding steroid dienone is 1. The maximum absolute atomic E-state index is 9.94. The second-order valence-electron chi connectivity index (χ2n) is 1.99. The van der Waals surface area contributed by atoms with E-state index in [0.717, 1.165) is 18.9 Å². The van der Waals surface area contributed by atoms with Gasteiger partial charge < -0.3 is 5.11 Å². The van der Waals surface area contributed by atoms with E-state index in [-0.39, 0.29) is 0 Å². The van der Waals surface area contributed by atoms with E-state index in [2.05, 4.69) is 23.7 Å². The number of hydrogen-bond acceptors (Lipinski definition) is 1. The van der Waals surface area contributed by atoms with Gasteiger partial charge in [0.15, 0.2) is 0 Å². The normalized spacial score (nSPS) is 8.08. The van der Waals surface area contributed by atoms with Crippen molar-refractivity contribution in [3.05, 3.63) is 12.2 Å². The Kier molecular flexibility index (Phi) is 6.40. The van der Waals surface area contributed by atoms with Gasteiger partial charge >= 0.3 is 5.97 Å². The van der Waals surface area contributed by atoms with Gasteiger partial charge in [-0.3, -0.25) is 0 Å². The predicted octanol–water partition coefficient (Wildman–Crippen LogP) is 1.43. The highest BCUT2D eigenvalue weighted by molar-refractivity contribution is 5.80. The molecule has 2 heteroatoms. The van der Waals surface area contributed by atoms with E-state index >= 15 is 0 Å².